The van der Waals surface area contributed by atoms with Crippen LogP contribution in [0.15, 0.2) is 18.3 Å². The Kier molecular flexibility index (Phi) is 5.15. The van der Waals surface area contributed by atoms with E-state index in [0.717, 1.165) is 18.8 Å². The van der Waals surface area contributed by atoms with Crippen molar-refractivity contribution in [3.63, 3.8) is 0 Å². The Labute approximate surface area is 112 Å². The highest BCUT2D eigenvalue weighted by Crippen LogP contribution is 2.25. The summed E-state index contributed by atoms with van der Waals surface area (Å²) in [6.45, 7) is 12.0. The van der Waals surface area contributed by atoms with E-state index in [4.69, 9.17) is 0 Å². The zero-order valence-corrected chi connectivity index (χ0v) is 12.6. The molecule has 0 radical (unpaired) electrons. The van der Waals surface area contributed by atoms with Gasteiger partial charge >= 0.3 is 0 Å². The van der Waals surface area contributed by atoms with Crippen LogP contribution >= 0.6 is 0 Å². The van der Waals surface area contributed by atoms with Crippen LogP contribution in [0.3, 0.4) is 0 Å². The molecule has 3 heteroatoms. The van der Waals surface area contributed by atoms with Crippen molar-refractivity contribution in [3.8, 4) is 0 Å². The lowest BCUT2D eigenvalue weighted by atomic mass is 9.99. The van der Waals surface area contributed by atoms with Crippen LogP contribution in [0.5, 0.6) is 0 Å². The van der Waals surface area contributed by atoms with Crippen molar-refractivity contribution in [3.05, 3.63) is 23.9 Å². The Morgan fingerprint density at radius 3 is 2.61 bits per heavy atom. The summed E-state index contributed by atoms with van der Waals surface area (Å²) in [6.07, 6.45) is 3.00. The number of hydrogen-bond donors (Lipinski definition) is 1. The number of hydrogen-bond acceptors (Lipinski definition) is 3. The Morgan fingerprint density at radius 1 is 1.39 bits per heavy atom. The van der Waals surface area contributed by atoms with Gasteiger partial charge in [0.2, 0.25) is 0 Å². The summed E-state index contributed by atoms with van der Waals surface area (Å²) in [7, 11) is 2.12. The Bertz CT molecular complexity index is 374. The first-order chi connectivity index (χ1) is 8.42. The van der Waals surface area contributed by atoms with Gasteiger partial charge in [-0.2, -0.15) is 0 Å². The lowest BCUT2D eigenvalue weighted by Gasteiger charge is -2.36. The molecular formula is C15H27N3. The third-order valence-corrected chi connectivity index (χ3v) is 3.90. The molecule has 0 aliphatic carbocycles. The molecule has 1 atom stereocenters. The van der Waals surface area contributed by atoms with Crippen molar-refractivity contribution in [2.45, 2.75) is 52.6 Å². The van der Waals surface area contributed by atoms with Gasteiger partial charge in [0, 0.05) is 24.8 Å². The number of nitrogens with one attached hydrogen (secondary N) is 1. The highest BCUT2D eigenvalue weighted by atomic mass is 15.2. The first kappa shape index (κ1) is 15.0. The van der Waals surface area contributed by atoms with E-state index in [1.54, 1.807) is 0 Å². The normalized spacial score (nSPS) is 13.4. The van der Waals surface area contributed by atoms with Crippen LogP contribution < -0.4 is 10.2 Å². The minimum atomic E-state index is 0.132. The van der Waals surface area contributed by atoms with Gasteiger partial charge in [0.15, 0.2) is 0 Å². The van der Waals surface area contributed by atoms with Crippen LogP contribution in [0.4, 0.5) is 5.82 Å². The quantitative estimate of drug-likeness (QED) is 0.837. The van der Waals surface area contributed by atoms with Crippen LogP contribution in [0.1, 0.15) is 52.6 Å². The van der Waals surface area contributed by atoms with Gasteiger partial charge in [-0.3, -0.25) is 0 Å². The van der Waals surface area contributed by atoms with E-state index in [2.05, 4.69) is 69.0 Å². The minimum absolute atomic E-state index is 0.132. The van der Waals surface area contributed by atoms with Gasteiger partial charge in [-0.1, -0.05) is 13.8 Å². The van der Waals surface area contributed by atoms with E-state index in [1.807, 2.05) is 6.20 Å². The summed E-state index contributed by atoms with van der Waals surface area (Å²) < 4.78 is 0. The highest BCUT2D eigenvalue weighted by Gasteiger charge is 2.22. The molecular weight excluding hydrogens is 222 g/mol. The molecule has 0 saturated heterocycles. The lowest BCUT2D eigenvalue weighted by molar-refractivity contribution is 0.467. The molecule has 0 spiro atoms. The summed E-state index contributed by atoms with van der Waals surface area (Å²) in [5.74, 6) is 1.05. The van der Waals surface area contributed by atoms with Gasteiger partial charge in [0.1, 0.15) is 5.82 Å². The third kappa shape index (κ3) is 3.45. The van der Waals surface area contributed by atoms with Crippen LogP contribution in [-0.4, -0.2) is 24.1 Å². The standard InChI is InChI=1S/C15H27N3/c1-7-15(4,5)18(6)14-11-13(9-10-17-14)12(3)16-8-2/h9-12,16H,7-8H2,1-6H3. The molecule has 0 amide bonds. The maximum absolute atomic E-state index is 4.49. The molecule has 0 aliphatic rings. The summed E-state index contributed by atoms with van der Waals surface area (Å²) in [6, 6.07) is 4.64. The first-order valence-electron chi connectivity index (χ1n) is 6.85. The number of anilines is 1. The molecule has 0 saturated carbocycles. The molecule has 3 nitrogen and oxygen atoms in total. The van der Waals surface area contributed by atoms with E-state index >= 15 is 0 Å². The summed E-state index contributed by atoms with van der Waals surface area (Å²) in [5.41, 5.74) is 1.42. The average molecular weight is 249 g/mol. The Balaban J connectivity index is 2.94. The second-order valence-corrected chi connectivity index (χ2v) is 5.45. The monoisotopic (exact) mass is 249 g/mol. The number of nitrogens with zero attached hydrogens (tertiary/aromatic N) is 2. The zero-order valence-electron chi connectivity index (χ0n) is 12.6. The summed E-state index contributed by atoms with van der Waals surface area (Å²) in [5, 5.41) is 3.43. The Hall–Kier alpha value is -1.09. The molecule has 0 bridgehead atoms. The van der Waals surface area contributed by atoms with E-state index in [0.29, 0.717) is 6.04 Å². The molecule has 1 rings (SSSR count). The summed E-state index contributed by atoms with van der Waals surface area (Å²) >= 11 is 0. The van der Waals surface area contributed by atoms with Crippen LogP contribution in [0.2, 0.25) is 0 Å². The average Bonchev–Trinajstić information content (AvgIpc) is 2.38. The third-order valence-electron chi connectivity index (χ3n) is 3.90. The van der Waals surface area contributed by atoms with Gasteiger partial charge in [-0.05, 0) is 51.4 Å². The smallest absolute Gasteiger partial charge is 0.128 e. The fraction of sp³-hybridized carbons (Fsp3) is 0.667. The highest BCUT2D eigenvalue weighted by molar-refractivity contribution is 5.43. The SMILES string of the molecule is CCNC(C)c1ccnc(N(C)C(C)(C)CC)c1. The first-order valence-corrected chi connectivity index (χ1v) is 6.85. The molecule has 1 unspecified atom stereocenters. The molecule has 1 N–H and O–H groups in total. The van der Waals surface area contributed by atoms with Crippen LogP contribution in [0.25, 0.3) is 0 Å². The van der Waals surface area contributed by atoms with Crippen LogP contribution in [-0.2, 0) is 0 Å². The number of pyridine rings is 1. The minimum Gasteiger partial charge on any atom is -0.355 e. The molecule has 1 aromatic rings. The summed E-state index contributed by atoms with van der Waals surface area (Å²) in [4.78, 5) is 6.75. The van der Waals surface area contributed by atoms with Crippen molar-refractivity contribution in [2.75, 3.05) is 18.5 Å². The molecule has 0 aliphatic heterocycles. The maximum atomic E-state index is 4.49. The van der Waals surface area contributed by atoms with Gasteiger partial charge < -0.3 is 10.2 Å². The fourth-order valence-corrected chi connectivity index (χ4v) is 1.86. The van der Waals surface area contributed by atoms with Crippen molar-refractivity contribution >= 4 is 5.82 Å². The largest absolute Gasteiger partial charge is 0.355 e. The second kappa shape index (κ2) is 6.19. The number of aromatic nitrogens is 1. The topological polar surface area (TPSA) is 28.2 Å². The predicted octanol–water partition coefficient (Wildman–Crippen LogP) is 3.38. The lowest BCUT2D eigenvalue weighted by Crippen LogP contribution is -2.41. The molecule has 0 fully saturated rings. The molecule has 0 aromatic carbocycles. The van der Waals surface area contributed by atoms with Gasteiger partial charge in [0.25, 0.3) is 0 Å². The van der Waals surface area contributed by atoms with Crippen molar-refractivity contribution in [2.24, 2.45) is 0 Å². The molecule has 18 heavy (non-hydrogen) atoms. The van der Waals surface area contributed by atoms with E-state index in [1.165, 1.54) is 5.56 Å². The van der Waals surface area contributed by atoms with Gasteiger partial charge in [-0.25, -0.2) is 4.98 Å². The van der Waals surface area contributed by atoms with E-state index in [9.17, 15) is 0 Å². The Morgan fingerprint density at radius 2 is 2.06 bits per heavy atom. The maximum Gasteiger partial charge on any atom is 0.128 e. The van der Waals surface area contributed by atoms with Gasteiger partial charge in [-0.15, -0.1) is 0 Å². The molecule has 1 heterocycles. The predicted molar refractivity (Wildman–Crippen MR) is 79.1 cm³/mol. The van der Waals surface area contributed by atoms with Gasteiger partial charge in [0.05, 0.1) is 0 Å². The van der Waals surface area contributed by atoms with E-state index in [-0.39, 0.29) is 5.54 Å². The zero-order chi connectivity index (χ0) is 13.8. The van der Waals surface area contributed by atoms with E-state index < -0.39 is 0 Å². The van der Waals surface area contributed by atoms with Crippen LogP contribution in [0, 0.1) is 0 Å². The fourth-order valence-electron chi connectivity index (χ4n) is 1.86. The number of rotatable bonds is 6. The van der Waals surface area contributed by atoms with Crippen molar-refractivity contribution in [1.29, 1.82) is 0 Å². The van der Waals surface area contributed by atoms with Crippen molar-refractivity contribution in [1.82, 2.24) is 10.3 Å². The molecule has 1 aromatic heterocycles. The van der Waals surface area contributed by atoms with Crippen molar-refractivity contribution < 1.29 is 0 Å². The second-order valence-electron chi connectivity index (χ2n) is 5.45. The molecule has 102 valence electrons.